The minimum atomic E-state index is 0.0114. The lowest BCUT2D eigenvalue weighted by Gasteiger charge is -2.16. The number of amides is 2. The number of anilines is 1. The Bertz CT molecular complexity index is 766. The van der Waals surface area contributed by atoms with Crippen molar-refractivity contribution in [2.75, 3.05) is 18.4 Å². The number of nitrogens with one attached hydrogen (secondary N) is 1. The minimum Gasteiger partial charge on any atom is -0.338 e. The van der Waals surface area contributed by atoms with Gasteiger partial charge in [-0.1, -0.05) is 11.6 Å². The maximum absolute atomic E-state index is 12.4. The third kappa shape index (κ3) is 2.86. The molecule has 2 unspecified atom stereocenters. The lowest BCUT2D eigenvalue weighted by atomic mass is 10.00. The van der Waals surface area contributed by atoms with E-state index in [1.807, 2.05) is 17.0 Å². The summed E-state index contributed by atoms with van der Waals surface area (Å²) in [4.78, 5) is 30.0. The Hall–Kier alpha value is -2.43. The molecular weight excluding hydrogens is 302 g/mol. The fraction of sp³-hybridized carbons (Fsp3) is 0.421. The van der Waals surface area contributed by atoms with E-state index in [0.717, 1.165) is 30.6 Å². The molecule has 124 valence electrons. The van der Waals surface area contributed by atoms with E-state index in [2.05, 4.69) is 23.3 Å². The summed E-state index contributed by atoms with van der Waals surface area (Å²) >= 11 is 0. The fourth-order valence-electron chi connectivity index (χ4n) is 3.97. The Morgan fingerprint density at radius 2 is 2.25 bits per heavy atom. The molecule has 0 aromatic carbocycles. The van der Waals surface area contributed by atoms with Crippen LogP contribution in [-0.4, -0.2) is 34.8 Å². The highest BCUT2D eigenvalue weighted by Crippen LogP contribution is 2.36. The largest absolute Gasteiger partial charge is 0.338 e. The number of nitrogens with zero attached hydrogens (tertiary/aromatic N) is 2. The van der Waals surface area contributed by atoms with Crippen molar-refractivity contribution in [2.24, 2.45) is 11.8 Å². The van der Waals surface area contributed by atoms with E-state index in [9.17, 15) is 9.59 Å². The van der Waals surface area contributed by atoms with Gasteiger partial charge in [0.25, 0.3) is 0 Å². The SMILES string of the molecule is CC1=CC2CN(C(=O)C=Cc3cnc4c(c3)CCC(=O)N4)CC2C1. The maximum atomic E-state index is 12.4. The van der Waals surface area contributed by atoms with Crippen LogP contribution in [0.5, 0.6) is 0 Å². The quantitative estimate of drug-likeness (QED) is 0.671. The van der Waals surface area contributed by atoms with Crippen molar-refractivity contribution in [3.05, 3.63) is 41.1 Å². The lowest BCUT2D eigenvalue weighted by Crippen LogP contribution is -2.27. The van der Waals surface area contributed by atoms with Crippen LogP contribution in [-0.2, 0) is 16.0 Å². The third-order valence-electron chi connectivity index (χ3n) is 5.17. The molecule has 3 heterocycles. The van der Waals surface area contributed by atoms with Gasteiger partial charge in [-0.2, -0.15) is 0 Å². The summed E-state index contributed by atoms with van der Waals surface area (Å²) in [5.41, 5.74) is 3.38. The zero-order valence-corrected chi connectivity index (χ0v) is 13.8. The van der Waals surface area contributed by atoms with Crippen molar-refractivity contribution in [1.29, 1.82) is 0 Å². The van der Waals surface area contributed by atoms with Gasteiger partial charge in [-0.05, 0) is 54.9 Å². The molecule has 4 rings (SSSR count). The highest BCUT2D eigenvalue weighted by molar-refractivity contribution is 5.94. The molecule has 1 aliphatic carbocycles. The van der Waals surface area contributed by atoms with E-state index < -0.39 is 0 Å². The number of pyridine rings is 1. The maximum Gasteiger partial charge on any atom is 0.246 e. The number of likely N-dealkylation sites (tertiary alicyclic amines) is 1. The first kappa shape index (κ1) is 15.1. The van der Waals surface area contributed by atoms with Crippen LogP contribution in [0.15, 0.2) is 30.0 Å². The molecule has 0 spiro atoms. The molecule has 5 nitrogen and oxygen atoms in total. The molecule has 2 atom stereocenters. The van der Waals surface area contributed by atoms with Gasteiger partial charge >= 0.3 is 0 Å². The van der Waals surface area contributed by atoms with Crippen LogP contribution in [0.4, 0.5) is 5.82 Å². The summed E-state index contributed by atoms with van der Waals surface area (Å²) in [5, 5.41) is 2.77. The van der Waals surface area contributed by atoms with Crippen LogP contribution in [0.25, 0.3) is 6.08 Å². The zero-order chi connectivity index (χ0) is 16.7. The Morgan fingerprint density at radius 1 is 1.38 bits per heavy atom. The van der Waals surface area contributed by atoms with E-state index in [1.165, 1.54) is 5.57 Å². The van der Waals surface area contributed by atoms with Gasteiger partial charge in [0.05, 0.1) is 0 Å². The Balaban J connectivity index is 1.42. The van der Waals surface area contributed by atoms with Crippen molar-refractivity contribution in [3.8, 4) is 0 Å². The first-order valence-corrected chi connectivity index (χ1v) is 8.51. The van der Waals surface area contributed by atoms with Gasteiger partial charge in [0.15, 0.2) is 0 Å². The number of hydrogen-bond donors (Lipinski definition) is 1. The normalized spacial score (nSPS) is 25.5. The van der Waals surface area contributed by atoms with Gasteiger partial charge in [0, 0.05) is 31.8 Å². The average molecular weight is 323 g/mol. The number of carbonyl (C=O) groups excluding carboxylic acids is 2. The van der Waals surface area contributed by atoms with E-state index in [4.69, 9.17) is 0 Å². The predicted octanol–water partition coefficient (Wildman–Crippen LogP) is 2.40. The van der Waals surface area contributed by atoms with Crippen molar-refractivity contribution in [3.63, 3.8) is 0 Å². The number of allylic oxidation sites excluding steroid dienone is 1. The molecule has 24 heavy (non-hydrogen) atoms. The summed E-state index contributed by atoms with van der Waals surface area (Å²) < 4.78 is 0. The first-order chi connectivity index (χ1) is 11.6. The molecule has 1 aromatic rings. The van der Waals surface area contributed by atoms with Gasteiger partial charge in [-0.3, -0.25) is 9.59 Å². The molecular formula is C19H21N3O2. The summed E-state index contributed by atoms with van der Waals surface area (Å²) in [6.45, 7) is 3.87. The molecule has 1 N–H and O–H groups in total. The van der Waals surface area contributed by atoms with E-state index in [0.29, 0.717) is 30.5 Å². The van der Waals surface area contributed by atoms with Gasteiger partial charge in [0.2, 0.25) is 11.8 Å². The fourth-order valence-corrected chi connectivity index (χ4v) is 3.97. The van der Waals surface area contributed by atoms with E-state index >= 15 is 0 Å². The third-order valence-corrected chi connectivity index (χ3v) is 5.17. The molecule has 1 saturated heterocycles. The van der Waals surface area contributed by atoms with Gasteiger partial charge in [-0.15, -0.1) is 0 Å². The van der Waals surface area contributed by atoms with Crippen molar-refractivity contribution in [1.82, 2.24) is 9.88 Å². The van der Waals surface area contributed by atoms with Crippen LogP contribution in [0.1, 0.15) is 30.9 Å². The number of rotatable bonds is 2. The second kappa shape index (κ2) is 5.89. The first-order valence-electron chi connectivity index (χ1n) is 8.51. The van der Waals surface area contributed by atoms with E-state index in [-0.39, 0.29) is 11.8 Å². The summed E-state index contributed by atoms with van der Waals surface area (Å²) in [6, 6.07) is 2.00. The number of carbonyl (C=O) groups is 2. The van der Waals surface area contributed by atoms with Crippen LogP contribution < -0.4 is 5.32 Å². The van der Waals surface area contributed by atoms with E-state index in [1.54, 1.807) is 12.3 Å². The predicted molar refractivity (Wildman–Crippen MR) is 92.2 cm³/mol. The Labute approximate surface area is 141 Å². The summed E-state index contributed by atoms with van der Waals surface area (Å²) in [5.74, 6) is 1.87. The molecule has 1 aromatic heterocycles. The van der Waals surface area contributed by atoms with Crippen LogP contribution >= 0.6 is 0 Å². The molecule has 0 radical (unpaired) electrons. The second-order valence-corrected chi connectivity index (χ2v) is 7.04. The standard InChI is InChI=1S/C19H21N3O2/c1-12-6-15-10-22(11-16(15)7-12)18(24)5-2-13-8-14-3-4-17(23)21-19(14)20-9-13/h2,5-6,8-9,15-16H,3-4,7,10-11H2,1H3,(H,20,21,23). The van der Waals surface area contributed by atoms with Crippen molar-refractivity contribution < 1.29 is 9.59 Å². The van der Waals surface area contributed by atoms with Gasteiger partial charge < -0.3 is 10.2 Å². The van der Waals surface area contributed by atoms with Gasteiger partial charge in [0.1, 0.15) is 5.82 Å². The topological polar surface area (TPSA) is 62.3 Å². The molecule has 0 bridgehead atoms. The number of aryl methyl sites for hydroxylation is 1. The lowest BCUT2D eigenvalue weighted by molar-refractivity contribution is -0.125. The molecule has 2 amide bonds. The summed E-state index contributed by atoms with van der Waals surface area (Å²) in [6.07, 6.45) is 9.79. The highest BCUT2D eigenvalue weighted by Gasteiger charge is 2.36. The minimum absolute atomic E-state index is 0.0114. The van der Waals surface area contributed by atoms with Crippen LogP contribution in [0.3, 0.4) is 0 Å². The summed E-state index contributed by atoms with van der Waals surface area (Å²) in [7, 11) is 0. The molecule has 2 aliphatic heterocycles. The monoisotopic (exact) mass is 323 g/mol. The highest BCUT2D eigenvalue weighted by atomic mass is 16.2. The molecule has 3 aliphatic rings. The number of fused-ring (bicyclic) bond motifs is 2. The number of aromatic nitrogens is 1. The second-order valence-electron chi connectivity index (χ2n) is 7.04. The van der Waals surface area contributed by atoms with Gasteiger partial charge in [-0.25, -0.2) is 4.98 Å². The van der Waals surface area contributed by atoms with Crippen LogP contribution in [0, 0.1) is 11.8 Å². The number of hydrogen-bond acceptors (Lipinski definition) is 3. The zero-order valence-electron chi connectivity index (χ0n) is 13.8. The van der Waals surface area contributed by atoms with Crippen molar-refractivity contribution >= 4 is 23.7 Å². The average Bonchev–Trinajstić information content (AvgIpc) is 3.10. The Kier molecular flexibility index (Phi) is 3.71. The van der Waals surface area contributed by atoms with Crippen LogP contribution in [0.2, 0.25) is 0 Å². The molecule has 1 fully saturated rings. The molecule has 0 saturated carbocycles. The Morgan fingerprint density at radius 3 is 3.08 bits per heavy atom. The smallest absolute Gasteiger partial charge is 0.246 e. The molecule has 5 heteroatoms. The van der Waals surface area contributed by atoms with Crippen molar-refractivity contribution in [2.45, 2.75) is 26.2 Å².